The molecule has 0 aliphatic carbocycles. The van der Waals surface area contributed by atoms with E-state index in [1.165, 1.54) is 18.1 Å². The van der Waals surface area contributed by atoms with Crippen molar-refractivity contribution in [3.8, 4) is 0 Å². The average molecular weight is 402 g/mol. The van der Waals surface area contributed by atoms with Crippen molar-refractivity contribution in [2.24, 2.45) is 5.41 Å². The molecule has 2 aromatic rings. The van der Waals surface area contributed by atoms with Crippen LogP contribution >= 0.6 is 15.9 Å². The topological polar surface area (TPSA) is 38.3 Å². The number of ether oxygens (including phenoxy) is 1. The molecule has 1 heterocycles. The van der Waals surface area contributed by atoms with Crippen molar-refractivity contribution in [2.45, 2.75) is 46.3 Å². The molecule has 1 aliphatic heterocycles. The minimum Gasteiger partial charge on any atom is -0.457 e. The van der Waals surface area contributed by atoms with Gasteiger partial charge in [-0.15, -0.1) is 0 Å². The number of benzene rings is 2. The van der Waals surface area contributed by atoms with Gasteiger partial charge >= 0.3 is 5.97 Å². The van der Waals surface area contributed by atoms with Crippen LogP contribution in [-0.4, -0.2) is 5.97 Å². The lowest BCUT2D eigenvalue weighted by Crippen LogP contribution is -2.40. The van der Waals surface area contributed by atoms with E-state index in [1.54, 1.807) is 0 Å². The number of carbonyl (C=O) groups is 1. The number of hydrogen-bond acceptors (Lipinski definition) is 3. The number of rotatable bonds is 3. The number of nitrogens with one attached hydrogen (secondary N) is 1. The van der Waals surface area contributed by atoms with Gasteiger partial charge in [0.2, 0.25) is 0 Å². The number of hydrogen-bond donors (Lipinski definition) is 1. The normalized spacial score (nSPS) is 21.2. The molecule has 0 saturated heterocycles. The summed E-state index contributed by atoms with van der Waals surface area (Å²) < 4.78 is 6.86. The Balaban J connectivity index is 2.13. The molecule has 25 heavy (non-hydrogen) atoms. The van der Waals surface area contributed by atoms with E-state index in [4.69, 9.17) is 4.74 Å². The Labute approximate surface area is 157 Å². The second-order valence-corrected chi connectivity index (χ2v) is 8.13. The fourth-order valence-electron chi connectivity index (χ4n) is 3.65. The minimum atomic E-state index is -0.300. The van der Waals surface area contributed by atoms with Gasteiger partial charge in [-0.3, -0.25) is 4.79 Å². The van der Waals surface area contributed by atoms with Crippen LogP contribution in [0.3, 0.4) is 0 Å². The van der Waals surface area contributed by atoms with Gasteiger partial charge < -0.3 is 10.1 Å². The van der Waals surface area contributed by atoms with Crippen molar-refractivity contribution < 1.29 is 9.53 Å². The lowest BCUT2D eigenvalue weighted by atomic mass is 9.70. The van der Waals surface area contributed by atoms with Crippen molar-refractivity contribution in [1.29, 1.82) is 0 Å². The SMILES string of the molecule is CCc1ccc2c(c1)[C@@H](OC(C)=O)C(C)(C)[C@@H](c1cccc(Br)c1)N2. The van der Waals surface area contributed by atoms with E-state index in [0.717, 1.165) is 22.1 Å². The maximum absolute atomic E-state index is 11.8. The van der Waals surface area contributed by atoms with Crippen LogP contribution in [0.5, 0.6) is 0 Å². The molecular weight excluding hydrogens is 378 g/mol. The number of carbonyl (C=O) groups excluding carboxylic acids is 1. The van der Waals surface area contributed by atoms with Crippen LogP contribution in [0.15, 0.2) is 46.9 Å². The van der Waals surface area contributed by atoms with Gasteiger partial charge in [-0.25, -0.2) is 0 Å². The zero-order chi connectivity index (χ0) is 18.2. The first kappa shape index (κ1) is 18.0. The molecule has 0 saturated carbocycles. The first-order chi connectivity index (χ1) is 11.8. The summed E-state index contributed by atoms with van der Waals surface area (Å²) in [5, 5.41) is 3.67. The Morgan fingerprint density at radius 3 is 2.64 bits per heavy atom. The third kappa shape index (κ3) is 3.45. The van der Waals surface area contributed by atoms with E-state index < -0.39 is 0 Å². The zero-order valence-electron chi connectivity index (χ0n) is 15.1. The lowest BCUT2D eigenvalue weighted by molar-refractivity contribution is -0.154. The smallest absolute Gasteiger partial charge is 0.303 e. The van der Waals surface area contributed by atoms with E-state index >= 15 is 0 Å². The molecule has 1 aliphatic rings. The molecule has 0 radical (unpaired) electrons. The summed E-state index contributed by atoms with van der Waals surface area (Å²) in [5.41, 5.74) is 4.21. The van der Waals surface area contributed by atoms with Gasteiger partial charge in [0.1, 0.15) is 6.10 Å². The summed E-state index contributed by atoms with van der Waals surface area (Å²) in [6, 6.07) is 14.7. The highest BCUT2D eigenvalue weighted by molar-refractivity contribution is 9.10. The molecule has 4 heteroatoms. The zero-order valence-corrected chi connectivity index (χ0v) is 16.7. The second-order valence-electron chi connectivity index (χ2n) is 7.22. The van der Waals surface area contributed by atoms with E-state index in [0.29, 0.717) is 0 Å². The van der Waals surface area contributed by atoms with Crippen molar-refractivity contribution >= 4 is 27.6 Å². The fraction of sp³-hybridized carbons (Fsp3) is 0.381. The summed E-state index contributed by atoms with van der Waals surface area (Å²) in [6.45, 7) is 7.92. The predicted molar refractivity (Wildman–Crippen MR) is 105 cm³/mol. The third-order valence-electron chi connectivity index (χ3n) is 4.99. The average Bonchev–Trinajstić information content (AvgIpc) is 2.56. The van der Waals surface area contributed by atoms with Gasteiger partial charge in [0.25, 0.3) is 0 Å². The first-order valence-corrected chi connectivity index (χ1v) is 9.44. The van der Waals surface area contributed by atoms with Crippen LogP contribution in [0.4, 0.5) is 5.69 Å². The van der Waals surface area contributed by atoms with Gasteiger partial charge in [-0.1, -0.05) is 61.0 Å². The monoisotopic (exact) mass is 401 g/mol. The Morgan fingerprint density at radius 2 is 2.00 bits per heavy atom. The Hall–Kier alpha value is -1.81. The van der Waals surface area contributed by atoms with Gasteiger partial charge in [-0.2, -0.15) is 0 Å². The summed E-state index contributed by atoms with van der Waals surface area (Å²) >= 11 is 3.56. The van der Waals surface area contributed by atoms with Crippen LogP contribution in [0.25, 0.3) is 0 Å². The Bertz CT molecular complexity index is 800. The Morgan fingerprint density at radius 1 is 1.24 bits per heavy atom. The highest BCUT2D eigenvalue weighted by Crippen LogP contribution is 2.53. The molecule has 0 fully saturated rings. The van der Waals surface area contributed by atoms with Gasteiger partial charge in [-0.05, 0) is 35.7 Å². The molecule has 0 spiro atoms. The largest absolute Gasteiger partial charge is 0.457 e. The lowest BCUT2D eigenvalue weighted by Gasteiger charge is -2.46. The van der Waals surface area contributed by atoms with Crippen LogP contribution in [0, 0.1) is 5.41 Å². The minimum absolute atomic E-state index is 0.0364. The van der Waals surface area contributed by atoms with Crippen LogP contribution in [0.1, 0.15) is 56.5 Å². The summed E-state index contributed by atoms with van der Waals surface area (Å²) in [4.78, 5) is 11.8. The van der Waals surface area contributed by atoms with Crippen LogP contribution < -0.4 is 5.32 Å². The van der Waals surface area contributed by atoms with E-state index in [9.17, 15) is 4.79 Å². The molecule has 2 aromatic carbocycles. The predicted octanol–water partition coefficient (Wildman–Crippen LogP) is 5.81. The van der Waals surface area contributed by atoms with Crippen molar-refractivity contribution in [1.82, 2.24) is 0 Å². The number of aryl methyl sites for hydroxylation is 1. The van der Waals surface area contributed by atoms with Crippen LogP contribution in [0.2, 0.25) is 0 Å². The molecule has 3 rings (SSSR count). The summed E-state index contributed by atoms with van der Waals surface area (Å²) in [7, 11) is 0. The molecule has 0 amide bonds. The van der Waals surface area contributed by atoms with Gasteiger partial charge in [0.15, 0.2) is 0 Å². The summed E-state index contributed by atoms with van der Waals surface area (Å²) in [5.74, 6) is -0.249. The maximum Gasteiger partial charge on any atom is 0.303 e. The quantitative estimate of drug-likeness (QED) is 0.659. The van der Waals surface area contributed by atoms with Crippen LogP contribution in [-0.2, 0) is 16.0 Å². The molecular formula is C21H24BrNO2. The molecule has 132 valence electrons. The molecule has 2 atom stereocenters. The van der Waals surface area contributed by atoms with Gasteiger partial charge in [0, 0.05) is 28.1 Å². The van der Waals surface area contributed by atoms with Crippen molar-refractivity contribution in [2.75, 3.05) is 5.32 Å². The Kier molecular flexibility index (Phi) is 4.92. The number of fused-ring (bicyclic) bond motifs is 1. The van der Waals surface area contributed by atoms with E-state index in [1.807, 2.05) is 12.1 Å². The fourth-order valence-corrected chi connectivity index (χ4v) is 4.07. The highest BCUT2D eigenvalue weighted by Gasteiger charge is 2.46. The first-order valence-electron chi connectivity index (χ1n) is 8.65. The molecule has 3 nitrogen and oxygen atoms in total. The molecule has 1 N–H and O–H groups in total. The van der Waals surface area contributed by atoms with E-state index in [2.05, 4.69) is 72.3 Å². The molecule has 0 aromatic heterocycles. The third-order valence-corrected chi connectivity index (χ3v) is 5.49. The maximum atomic E-state index is 11.8. The van der Waals surface area contributed by atoms with Crippen molar-refractivity contribution in [3.63, 3.8) is 0 Å². The van der Waals surface area contributed by atoms with Gasteiger partial charge in [0.05, 0.1) is 6.04 Å². The number of halogens is 1. The number of anilines is 1. The van der Waals surface area contributed by atoms with Crippen molar-refractivity contribution in [3.05, 3.63) is 63.6 Å². The molecule has 0 bridgehead atoms. The number of esters is 1. The second kappa shape index (κ2) is 6.83. The standard InChI is InChI=1S/C21H24BrNO2/c1-5-14-9-10-18-17(11-14)20(25-13(2)24)21(3,4)19(23-18)15-7-6-8-16(22)12-15/h6-12,19-20,23H,5H2,1-4H3/t19-,20-/m1/s1. The molecule has 0 unspecified atom stereocenters. The van der Waals surface area contributed by atoms with E-state index in [-0.39, 0.29) is 23.5 Å². The highest BCUT2D eigenvalue weighted by atomic mass is 79.9. The summed E-state index contributed by atoms with van der Waals surface area (Å²) in [6.07, 6.45) is 0.659.